The fourth-order valence-corrected chi connectivity index (χ4v) is 5.36. The molecule has 0 amide bonds. The molecule has 3 heterocycles. The van der Waals surface area contributed by atoms with Gasteiger partial charge in [-0.1, -0.05) is 55.1 Å². The Morgan fingerprint density at radius 2 is 1.56 bits per heavy atom. The summed E-state index contributed by atoms with van der Waals surface area (Å²) in [5.74, 6) is 1.53. The molecule has 0 bridgehead atoms. The summed E-state index contributed by atoms with van der Waals surface area (Å²) in [4.78, 5) is 31.2. The van der Waals surface area contributed by atoms with Crippen LogP contribution in [0.4, 0.5) is 0 Å². The second-order valence-corrected chi connectivity index (χ2v) is 9.44. The van der Waals surface area contributed by atoms with Gasteiger partial charge in [0.15, 0.2) is 5.16 Å². The Bertz CT molecular complexity index is 1890. The minimum absolute atomic E-state index is 0.119. The highest BCUT2D eigenvalue weighted by molar-refractivity contribution is 7.98. The van der Waals surface area contributed by atoms with Crippen molar-refractivity contribution in [3.8, 4) is 5.69 Å². The average Bonchev–Trinajstić information content (AvgIpc) is 3.35. The summed E-state index contributed by atoms with van der Waals surface area (Å²) in [5, 5.41) is 10.4. The number of aromatic nitrogens is 6. The van der Waals surface area contributed by atoms with Crippen molar-refractivity contribution in [2.75, 3.05) is 0 Å². The van der Waals surface area contributed by atoms with E-state index in [1.807, 2.05) is 65.1 Å². The van der Waals surface area contributed by atoms with E-state index in [4.69, 9.17) is 4.98 Å². The zero-order valence-electron chi connectivity index (χ0n) is 19.8. The van der Waals surface area contributed by atoms with Gasteiger partial charge in [-0.2, -0.15) is 0 Å². The minimum Gasteiger partial charge on any atom is -0.279 e. The summed E-state index contributed by atoms with van der Waals surface area (Å²) >= 11 is 1.41. The quantitative estimate of drug-likeness (QED) is 0.265. The Morgan fingerprint density at radius 3 is 2.33 bits per heavy atom. The van der Waals surface area contributed by atoms with Gasteiger partial charge in [0.1, 0.15) is 5.82 Å². The molecule has 0 N–H and O–H groups in total. The Morgan fingerprint density at radius 1 is 0.833 bits per heavy atom. The molecule has 0 fully saturated rings. The van der Waals surface area contributed by atoms with Gasteiger partial charge < -0.3 is 0 Å². The first-order valence-corrected chi connectivity index (χ1v) is 12.6. The van der Waals surface area contributed by atoms with E-state index in [1.54, 1.807) is 23.7 Å². The summed E-state index contributed by atoms with van der Waals surface area (Å²) in [6.45, 7) is 2.10. The van der Waals surface area contributed by atoms with Gasteiger partial charge in [-0.3, -0.25) is 23.1 Å². The maximum Gasteiger partial charge on any atom is 0.266 e. The number of thioether (sulfide) groups is 1. The zero-order chi connectivity index (χ0) is 24.8. The number of para-hydroxylation sites is 2. The second kappa shape index (κ2) is 8.76. The van der Waals surface area contributed by atoms with Gasteiger partial charge in [0.2, 0.25) is 5.78 Å². The lowest BCUT2D eigenvalue weighted by Gasteiger charge is -2.13. The average molecular weight is 495 g/mol. The predicted molar refractivity (Wildman–Crippen MR) is 142 cm³/mol. The second-order valence-electron chi connectivity index (χ2n) is 8.49. The van der Waals surface area contributed by atoms with Gasteiger partial charge in [-0.15, -0.1) is 10.2 Å². The molecule has 36 heavy (non-hydrogen) atoms. The largest absolute Gasteiger partial charge is 0.279 e. The maximum absolute atomic E-state index is 13.6. The number of rotatable bonds is 5. The van der Waals surface area contributed by atoms with Gasteiger partial charge in [0.05, 0.1) is 33.2 Å². The summed E-state index contributed by atoms with van der Waals surface area (Å²) in [6.07, 6.45) is 0.920. The summed E-state index contributed by atoms with van der Waals surface area (Å²) in [6, 6.07) is 22.8. The van der Waals surface area contributed by atoms with E-state index < -0.39 is 0 Å². The lowest BCUT2D eigenvalue weighted by atomic mass is 10.1. The van der Waals surface area contributed by atoms with Crippen LogP contribution in [0.15, 0.2) is 87.5 Å². The Labute approximate surface area is 209 Å². The topological polar surface area (TPSA) is 87.1 Å². The number of fused-ring (bicyclic) bond motifs is 4. The fraction of sp³-hybridized carbons (Fsp3) is 0.148. The minimum atomic E-state index is -0.120. The van der Waals surface area contributed by atoms with Crippen LogP contribution < -0.4 is 11.1 Å². The molecule has 0 aliphatic heterocycles. The molecular formula is C27H22N6O2S. The van der Waals surface area contributed by atoms with Gasteiger partial charge in [0, 0.05) is 7.05 Å². The number of hydrogen-bond donors (Lipinski definition) is 0. The van der Waals surface area contributed by atoms with Crippen LogP contribution in [0.3, 0.4) is 0 Å². The van der Waals surface area contributed by atoms with E-state index in [1.165, 1.54) is 21.9 Å². The van der Waals surface area contributed by atoms with Crippen molar-refractivity contribution in [2.24, 2.45) is 7.05 Å². The lowest BCUT2D eigenvalue weighted by Crippen LogP contribution is -2.22. The van der Waals surface area contributed by atoms with Crippen molar-refractivity contribution in [3.05, 3.63) is 105 Å². The van der Waals surface area contributed by atoms with Crippen LogP contribution in [0.5, 0.6) is 0 Å². The van der Waals surface area contributed by atoms with Crippen molar-refractivity contribution in [3.63, 3.8) is 0 Å². The molecule has 0 radical (unpaired) electrons. The van der Waals surface area contributed by atoms with E-state index in [2.05, 4.69) is 17.1 Å². The zero-order valence-corrected chi connectivity index (χ0v) is 20.6. The van der Waals surface area contributed by atoms with Crippen molar-refractivity contribution in [1.82, 2.24) is 28.7 Å². The van der Waals surface area contributed by atoms with Crippen molar-refractivity contribution < 1.29 is 0 Å². The summed E-state index contributed by atoms with van der Waals surface area (Å²) in [7, 11) is 1.69. The third-order valence-corrected chi connectivity index (χ3v) is 7.31. The first-order chi connectivity index (χ1) is 17.6. The van der Waals surface area contributed by atoms with Crippen LogP contribution in [-0.4, -0.2) is 28.7 Å². The highest BCUT2D eigenvalue weighted by Gasteiger charge is 2.18. The fourth-order valence-electron chi connectivity index (χ4n) is 4.43. The van der Waals surface area contributed by atoms with E-state index in [0.29, 0.717) is 38.8 Å². The summed E-state index contributed by atoms with van der Waals surface area (Å²) < 4.78 is 5.05. The maximum atomic E-state index is 13.6. The number of benzene rings is 3. The van der Waals surface area contributed by atoms with Crippen LogP contribution in [0, 0.1) is 0 Å². The molecule has 9 heteroatoms. The molecular weight excluding hydrogens is 472 g/mol. The lowest BCUT2D eigenvalue weighted by molar-refractivity contribution is 0.817. The Kier molecular flexibility index (Phi) is 5.41. The van der Waals surface area contributed by atoms with Crippen LogP contribution in [-0.2, 0) is 19.2 Å². The normalized spacial score (nSPS) is 11.6. The number of nitrogens with zero attached hydrogens (tertiary/aromatic N) is 6. The molecule has 0 spiro atoms. The van der Waals surface area contributed by atoms with E-state index in [-0.39, 0.29) is 11.1 Å². The van der Waals surface area contributed by atoms with Crippen molar-refractivity contribution in [1.29, 1.82) is 0 Å². The molecule has 8 nitrogen and oxygen atoms in total. The number of aryl methyl sites for hydroxylation is 2. The molecule has 0 aliphatic rings. The molecule has 3 aromatic carbocycles. The molecule has 6 aromatic rings. The van der Waals surface area contributed by atoms with E-state index >= 15 is 0 Å². The Balaban J connectivity index is 1.50. The molecule has 6 rings (SSSR count). The monoisotopic (exact) mass is 494 g/mol. The predicted octanol–water partition coefficient (Wildman–Crippen LogP) is 4.14. The molecule has 178 valence electrons. The SMILES string of the molecule is CCc1ccc(-n2c(SCc3nnc4n(C)c(=O)c5ccccc5n34)nc3ccccc3c2=O)cc1. The van der Waals surface area contributed by atoms with Gasteiger partial charge in [-0.05, 0) is 48.4 Å². The van der Waals surface area contributed by atoms with Crippen molar-refractivity contribution >= 4 is 39.3 Å². The van der Waals surface area contributed by atoms with Crippen LogP contribution in [0.25, 0.3) is 33.3 Å². The van der Waals surface area contributed by atoms with Gasteiger partial charge in [0.25, 0.3) is 11.1 Å². The highest BCUT2D eigenvalue weighted by Crippen LogP contribution is 2.25. The van der Waals surface area contributed by atoms with Gasteiger partial charge in [-0.25, -0.2) is 4.98 Å². The first-order valence-electron chi connectivity index (χ1n) is 11.6. The molecule has 0 unspecified atom stereocenters. The number of hydrogen-bond acceptors (Lipinski definition) is 6. The highest BCUT2D eigenvalue weighted by atomic mass is 32.2. The van der Waals surface area contributed by atoms with E-state index in [0.717, 1.165) is 17.6 Å². The molecule has 0 aliphatic carbocycles. The summed E-state index contributed by atoms with van der Waals surface area (Å²) in [5.41, 5.74) is 3.11. The smallest absolute Gasteiger partial charge is 0.266 e. The first kappa shape index (κ1) is 22.2. The third kappa shape index (κ3) is 3.51. The standard InChI is InChI=1S/C27H22N6O2S/c1-3-17-12-14-18(15-13-17)32-25(35)19-8-4-6-10-21(19)28-27(32)36-16-23-29-30-26-31(2)24(34)20-9-5-7-11-22(20)33(23)26/h4-15H,3,16H2,1-2H3. The molecule has 0 saturated heterocycles. The van der Waals surface area contributed by atoms with Gasteiger partial charge >= 0.3 is 0 Å². The molecule has 0 saturated carbocycles. The molecule has 0 atom stereocenters. The van der Waals surface area contributed by atoms with Crippen LogP contribution in [0.1, 0.15) is 18.3 Å². The molecule has 3 aromatic heterocycles. The van der Waals surface area contributed by atoms with Crippen LogP contribution in [0.2, 0.25) is 0 Å². The van der Waals surface area contributed by atoms with Crippen LogP contribution >= 0.6 is 11.8 Å². The Hall–Kier alpha value is -4.24. The third-order valence-electron chi connectivity index (χ3n) is 6.37. The van der Waals surface area contributed by atoms with Crippen molar-refractivity contribution in [2.45, 2.75) is 24.3 Å². The van der Waals surface area contributed by atoms with E-state index in [9.17, 15) is 9.59 Å².